The normalized spacial score (nSPS) is 28.6. The Hall–Kier alpha value is -1.30. The van der Waals surface area contributed by atoms with E-state index in [2.05, 4.69) is 10.1 Å². The molecule has 0 radical (unpaired) electrons. The maximum atomic E-state index is 11.9. The summed E-state index contributed by atoms with van der Waals surface area (Å²) in [4.78, 5) is 23.6. The van der Waals surface area contributed by atoms with E-state index in [0.717, 1.165) is 0 Å². The van der Waals surface area contributed by atoms with Crippen molar-refractivity contribution in [1.29, 1.82) is 0 Å². The highest BCUT2D eigenvalue weighted by Gasteiger charge is 2.46. The first-order chi connectivity index (χ1) is 11.7. The van der Waals surface area contributed by atoms with E-state index in [-0.39, 0.29) is 5.92 Å². The van der Waals surface area contributed by atoms with Crippen molar-refractivity contribution < 1.29 is 44.2 Å². The number of methoxy groups -OCH3 is 1. The van der Waals surface area contributed by atoms with E-state index in [1.807, 2.05) is 13.8 Å². The topological polar surface area (TPSA) is 155 Å². The fourth-order valence-corrected chi connectivity index (χ4v) is 2.45. The number of aliphatic hydroxyl groups is 4. The molecule has 1 aliphatic heterocycles. The molecule has 0 saturated carbocycles. The molecule has 25 heavy (non-hydrogen) atoms. The van der Waals surface area contributed by atoms with Crippen LogP contribution in [0.25, 0.3) is 0 Å². The molecule has 10 nitrogen and oxygen atoms in total. The van der Waals surface area contributed by atoms with Gasteiger partial charge < -0.3 is 40.0 Å². The number of carbonyl (C=O) groups excluding carboxylic acids is 2. The number of nitrogens with one attached hydrogen (secondary N) is 1. The first kappa shape index (κ1) is 21.7. The third-order valence-corrected chi connectivity index (χ3v) is 3.73. The monoisotopic (exact) mass is 365 g/mol. The Labute approximate surface area is 145 Å². The summed E-state index contributed by atoms with van der Waals surface area (Å²) in [6, 6.07) is -0.829. The van der Waals surface area contributed by atoms with E-state index in [1.165, 1.54) is 7.11 Å². The number of esters is 1. The Morgan fingerprint density at radius 2 is 1.88 bits per heavy atom. The van der Waals surface area contributed by atoms with Crippen LogP contribution in [0, 0.1) is 5.92 Å². The van der Waals surface area contributed by atoms with Gasteiger partial charge in [-0.05, 0) is 12.3 Å². The van der Waals surface area contributed by atoms with E-state index < -0.39 is 61.8 Å². The maximum absolute atomic E-state index is 11.9. The molecule has 0 aromatic heterocycles. The van der Waals surface area contributed by atoms with E-state index in [4.69, 9.17) is 14.6 Å². The van der Waals surface area contributed by atoms with Gasteiger partial charge in [-0.25, -0.2) is 4.79 Å². The van der Waals surface area contributed by atoms with Gasteiger partial charge in [-0.1, -0.05) is 13.8 Å². The summed E-state index contributed by atoms with van der Waals surface area (Å²) in [5, 5.41) is 40.4. The third-order valence-electron chi connectivity index (χ3n) is 3.73. The number of carbonyl (C=O) groups is 2. The molecule has 1 heterocycles. The molecule has 0 aromatic carbocycles. The number of aliphatic hydroxyl groups excluding tert-OH is 4. The SMILES string of the molecule is COC(=O)[C@@H](CC(C)C)NC(=O)CO[C@H]1O[C@H]([C@H](O)CO)[C@H](O)[C@@H]1O. The number of amides is 1. The zero-order valence-electron chi connectivity index (χ0n) is 14.5. The molecule has 1 rings (SSSR count). The second-order valence-corrected chi connectivity index (χ2v) is 6.28. The van der Waals surface area contributed by atoms with Crippen molar-refractivity contribution in [3.8, 4) is 0 Å². The molecule has 1 fully saturated rings. The van der Waals surface area contributed by atoms with Gasteiger partial charge >= 0.3 is 5.97 Å². The van der Waals surface area contributed by atoms with Crippen molar-refractivity contribution in [2.45, 2.75) is 57.0 Å². The minimum Gasteiger partial charge on any atom is -0.467 e. The van der Waals surface area contributed by atoms with Crippen LogP contribution in [0.5, 0.6) is 0 Å². The van der Waals surface area contributed by atoms with Gasteiger partial charge in [-0.2, -0.15) is 0 Å². The molecular weight excluding hydrogens is 338 g/mol. The lowest BCUT2D eigenvalue weighted by molar-refractivity contribution is -0.184. The smallest absolute Gasteiger partial charge is 0.328 e. The van der Waals surface area contributed by atoms with E-state index in [0.29, 0.717) is 6.42 Å². The third kappa shape index (κ3) is 6.17. The van der Waals surface area contributed by atoms with Crippen LogP contribution in [0.1, 0.15) is 20.3 Å². The van der Waals surface area contributed by atoms with Crippen LogP contribution in [0.2, 0.25) is 0 Å². The van der Waals surface area contributed by atoms with Crippen molar-refractivity contribution in [1.82, 2.24) is 5.32 Å². The van der Waals surface area contributed by atoms with Crippen molar-refractivity contribution in [3.63, 3.8) is 0 Å². The van der Waals surface area contributed by atoms with Crippen molar-refractivity contribution >= 4 is 11.9 Å². The Morgan fingerprint density at radius 1 is 1.24 bits per heavy atom. The molecular formula is C15H27NO9. The highest BCUT2D eigenvalue weighted by Crippen LogP contribution is 2.24. The molecule has 1 amide bonds. The summed E-state index contributed by atoms with van der Waals surface area (Å²) in [7, 11) is 1.22. The molecule has 1 aliphatic rings. The van der Waals surface area contributed by atoms with Gasteiger partial charge in [-0.15, -0.1) is 0 Å². The maximum Gasteiger partial charge on any atom is 0.328 e. The van der Waals surface area contributed by atoms with E-state index in [9.17, 15) is 24.9 Å². The van der Waals surface area contributed by atoms with Crippen LogP contribution >= 0.6 is 0 Å². The van der Waals surface area contributed by atoms with Crippen molar-refractivity contribution in [3.05, 3.63) is 0 Å². The largest absolute Gasteiger partial charge is 0.467 e. The quantitative estimate of drug-likeness (QED) is 0.279. The van der Waals surface area contributed by atoms with Gasteiger partial charge in [0.25, 0.3) is 0 Å². The molecule has 5 N–H and O–H groups in total. The summed E-state index contributed by atoms with van der Waals surface area (Å²) in [6.07, 6.45) is -6.58. The van der Waals surface area contributed by atoms with Crippen LogP contribution in [0.4, 0.5) is 0 Å². The lowest BCUT2D eigenvalue weighted by Crippen LogP contribution is -2.45. The van der Waals surface area contributed by atoms with Crippen LogP contribution in [0.15, 0.2) is 0 Å². The number of hydrogen-bond acceptors (Lipinski definition) is 9. The number of rotatable bonds is 9. The minimum absolute atomic E-state index is 0.140. The average Bonchev–Trinajstić information content (AvgIpc) is 2.85. The first-order valence-electron chi connectivity index (χ1n) is 8.00. The van der Waals surface area contributed by atoms with Crippen molar-refractivity contribution in [2.75, 3.05) is 20.3 Å². The predicted molar refractivity (Wildman–Crippen MR) is 83.1 cm³/mol. The predicted octanol–water partition coefficient (Wildman–Crippen LogP) is -2.49. The number of ether oxygens (including phenoxy) is 3. The van der Waals surface area contributed by atoms with Gasteiger partial charge in [0.15, 0.2) is 6.29 Å². The Bertz CT molecular complexity index is 445. The standard InChI is InChI=1S/C15H27NO9/c1-7(2)4-8(14(22)23-3)16-10(19)6-24-15-12(21)11(20)13(25-15)9(18)5-17/h7-9,11-13,15,17-18,20-21H,4-6H2,1-3H3,(H,16,19)/t8-,9-,11-,12+,13-,15+/m1/s1. The van der Waals surface area contributed by atoms with Gasteiger partial charge in [0.2, 0.25) is 5.91 Å². The molecule has 0 bridgehead atoms. The highest BCUT2D eigenvalue weighted by molar-refractivity contribution is 5.85. The summed E-state index contributed by atoms with van der Waals surface area (Å²) < 4.78 is 14.9. The molecule has 0 aromatic rings. The van der Waals surface area contributed by atoms with E-state index >= 15 is 0 Å². The Morgan fingerprint density at radius 3 is 2.40 bits per heavy atom. The summed E-state index contributed by atoms with van der Waals surface area (Å²) >= 11 is 0. The highest BCUT2D eigenvalue weighted by atomic mass is 16.7. The number of hydrogen-bond donors (Lipinski definition) is 5. The fraction of sp³-hybridized carbons (Fsp3) is 0.867. The average molecular weight is 365 g/mol. The lowest BCUT2D eigenvalue weighted by atomic mass is 10.0. The first-order valence-corrected chi connectivity index (χ1v) is 8.00. The van der Waals surface area contributed by atoms with Gasteiger partial charge in [0.05, 0.1) is 13.7 Å². The molecule has 146 valence electrons. The summed E-state index contributed by atoms with van der Waals surface area (Å²) in [5.74, 6) is -1.07. The van der Waals surface area contributed by atoms with Crippen LogP contribution in [-0.4, -0.2) is 89.4 Å². The fourth-order valence-electron chi connectivity index (χ4n) is 2.45. The van der Waals surface area contributed by atoms with Gasteiger partial charge in [0, 0.05) is 0 Å². The molecule has 0 aliphatic carbocycles. The van der Waals surface area contributed by atoms with Crippen LogP contribution < -0.4 is 5.32 Å². The zero-order valence-corrected chi connectivity index (χ0v) is 14.5. The van der Waals surface area contributed by atoms with Crippen LogP contribution in [0.3, 0.4) is 0 Å². The second kappa shape index (κ2) is 10.00. The summed E-state index contributed by atoms with van der Waals surface area (Å²) in [5.41, 5.74) is 0. The van der Waals surface area contributed by atoms with E-state index in [1.54, 1.807) is 0 Å². The zero-order chi connectivity index (χ0) is 19.1. The molecule has 1 saturated heterocycles. The Kier molecular flexibility index (Phi) is 8.69. The van der Waals surface area contributed by atoms with Crippen LogP contribution in [-0.2, 0) is 23.8 Å². The van der Waals surface area contributed by atoms with Gasteiger partial charge in [0.1, 0.15) is 37.1 Å². The van der Waals surface area contributed by atoms with Crippen molar-refractivity contribution in [2.24, 2.45) is 5.92 Å². The Balaban J connectivity index is 2.53. The minimum atomic E-state index is -1.49. The molecule has 0 unspecified atom stereocenters. The molecule has 10 heteroatoms. The molecule has 6 atom stereocenters. The lowest BCUT2D eigenvalue weighted by Gasteiger charge is -2.20. The second-order valence-electron chi connectivity index (χ2n) is 6.28. The summed E-state index contributed by atoms with van der Waals surface area (Å²) in [6.45, 7) is 2.56. The van der Waals surface area contributed by atoms with Gasteiger partial charge in [-0.3, -0.25) is 4.79 Å². The molecule has 0 spiro atoms.